The largest absolute Gasteiger partial charge is 0.293 e. The van der Waals surface area contributed by atoms with Crippen molar-refractivity contribution in [1.82, 2.24) is 4.90 Å². The van der Waals surface area contributed by atoms with Crippen molar-refractivity contribution >= 4 is 0 Å². The normalized spacial score (nSPS) is 25.8. The van der Waals surface area contributed by atoms with E-state index in [0.29, 0.717) is 5.54 Å². The molecule has 0 unspecified atom stereocenters. The fraction of sp³-hybridized carbons (Fsp3) is 1.00. The van der Waals surface area contributed by atoms with Gasteiger partial charge in [-0.15, -0.1) is 0 Å². The molecular formula is C12H23N. The van der Waals surface area contributed by atoms with E-state index in [1.807, 2.05) is 0 Å². The third-order valence-corrected chi connectivity index (χ3v) is 3.43. The minimum absolute atomic E-state index is 0.399. The smallest absolute Gasteiger partial charge is 0.0130 e. The van der Waals surface area contributed by atoms with Crippen LogP contribution < -0.4 is 0 Å². The fourth-order valence-corrected chi connectivity index (χ4v) is 2.93. The summed E-state index contributed by atoms with van der Waals surface area (Å²) in [5, 5.41) is 0. The van der Waals surface area contributed by atoms with Crippen molar-refractivity contribution in [3.63, 3.8) is 0 Å². The Morgan fingerprint density at radius 3 is 1.69 bits per heavy atom. The van der Waals surface area contributed by atoms with Crippen LogP contribution in [0.4, 0.5) is 0 Å². The second-order valence-corrected chi connectivity index (χ2v) is 5.75. The molecule has 0 saturated heterocycles. The van der Waals surface area contributed by atoms with E-state index in [1.165, 1.54) is 38.5 Å². The van der Waals surface area contributed by atoms with E-state index in [2.05, 4.69) is 25.7 Å². The molecule has 0 radical (unpaired) electrons. The lowest BCUT2D eigenvalue weighted by Crippen LogP contribution is -2.48. The highest BCUT2D eigenvalue weighted by atomic mass is 15.3. The van der Waals surface area contributed by atoms with Gasteiger partial charge in [0.15, 0.2) is 0 Å². The van der Waals surface area contributed by atoms with Gasteiger partial charge < -0.3 is 0 Å². The van der Waals surface area contributed by atoms with E-state index in [1.54, 1.807) is 0 Å². The van der Waals surface area contributed by atoms with Crippen molar-refractivity contribution in [1.29, 1.82) is 0 Å². The molecular weight excluding hydrogens is 158 g/mol. The van der Waals surface area contributed by atoms with Crippen LogP contribution >= 0.6 is 0 Å². The maximum atomic E-state index is 2.81. The van der Waals surface area contributed by atoms with Gasteiger partial charge in [0.25, 0.3) is 0 Å². The highest BCUT2D eigenvalue weighted by Crippen LogP contribution is 2.39. The van der Waals surface area contributed by atoms with Crippen LogP contribution in [0.2, 0.25) is 0 Å². The van der Waals surface area contributed by atoms with Crippen LogP contribution in [0.15, 0.2) is 0 Å². The zero-order valence-corrected chi connectivity index (χ0v) is 9.34. The molecule has 0 amide bonds. The van der Waals surface area contributed by atoms with Gasteiger partial charge >= 0.3 is 0 Å². The Morgan fingerprint density at radius 1 is 0.846 bits per heavy atom. The molecule has 2 saturated carbocycles. The van der Waals surface area contributed by atoms with Gasteiger partial charge in [-0.1, -0.05) is 12.8 Å². The highest BCUT2D eigenvalue weighted by Gasteiger charge is 2.40. The minimum Gasteiger partial charge on any atom is -0.293 e. The lowest BCUT2D eigenvalue weighted by atomic mass is 10.0. The Hall–Kier alpha value is -0.0400. The maximum absolute atomic E-state index is 2.81. The van der Waals surface area contributed by atoms with Gasteiger partial charge in [0.2, 0.25) is 0 Å². The van der Waals surface area contributed by atoms with Gasteiger partial charge in [0.1, 0.15) is 0 Å². The predicted octanol–water partition coefficient (Wildman–Crippen LogP) is 3.19. The summed E-state index contributed by atoms with van der Waals surface area (Å²) in [6.07, 6.45) is 8.73. The van der Waals surface area contributed by atoms with Crippen LogP contribution in [0.5, 0.6) is 0 Å². The van der Waals surface area contributed by atoms with Gasteiger partial charge in [0, 0.05) is 17.6 Å². The molecule has 0 aromatic rings. The topological polar surface area (TPSA) is 3.24 Å². The Kier molecular flexibility index (Phi) is 2.39. The molecule has 0 spiro atoms. The molecule has 0 atom stereocenters. The summed E-state index contributed by atoms with van der Waals surface area (Å²) in [6, 6.07) is 1.84. The molecule has 76 valence electrons. The van der Waals surface area contributed by atoms with E-state index >= 15 is 0 Å². The monoisotopic (exact) mass is 181 g/mol. The van der Waals surface area contributed by atoms with Crippen LogP contribution in [0, 0.1) is 0 Å². The Bertz CT molecular complexity index is 170. The minimum atomic E-state index is 0.399. The van der Waals surface area contributed by atoms with E-state index in [0.717, 1.165) is 12.1 Å². The average molecular weight is 181 g/mol. The summed E-state index contributed by atoms with van der Waals surface area (Å²) in [5.74, 6) is 0. The zero-order chi connectivity index (χ0) is 9.47. The van der Waals surface area contributed by atoms with E-state index in [-0.39, 0.29) is 0 Å². The average Bonchev–Trinajstić information content (AvgIpc) is 2.63. The van der Waals surface area contributed by atoms with Gasteiger partial charge in [0.05, 0.1) is 0 Å². The summed E-state index contributed by atoms with van der Waals surface area (Å²) in [5.41, 5.74) is 0.399. The molecule has 0 N–H and O–H groups in total. The van der Waals surface area contributed by atoms with Crippen LogP contribution in [0.25, 0.3) is 0 Å². The first-order chi connectivity index (χ1) is 6.09. The summed E-state index contributed by atoms with van der Waals surface area (Å²) in [6.45, 7) is 7.14. The first-order valence-corrected chi connectivity index (χ1v) is 5.87. The molecule has 0 bridgehead atoms. The lowest BCUT2D eigenvalue weighted by Gasteiger charge is -2.40. The van der Waals surface area contributed by atoms with E-state index in [4.69, 9.17) is 0 Å². The van der Waals surface area contributed by atoms with Gasteiger partial charge in [-0.3, -0.25) is 4.90 Å². The number of hydrogen-bond acceptors (Lipinski definition) is 1. The quantitative estimate of drug-likeness (QED) is 0.632. The lowest BCUT2D eigenvalue weighted by molar-refractivity contribution is 0.0749. The fourth-order valence-electron chi connectivity index (χ4n) is 2.93. The summed E-state index contributed by atoms with van der Waals surface area (Å²) in [4.78, 5) is 2.81. The molecule has 13 heavy (non-hydrogen) atoms. The Morgan fingerprint density at radius 2 is 1.31 bits per heavy atom. The molecule has 0 heterocycles. The first-order valence-electron chi connectivity index (χ1n) is 5.87. The second-order valence-electron chi connectivity index (χ2n) is 5.75. The van der Waals surface area contributed by atoms with Gasteiger partial charge in [-0.05, 0) is 46.5 Å². The Balaban J connectivity index is 2.03. The van der Waals surface area contributed by atoms with Crippen molar-refractivity contribution in [3.05, 3.63) is 0 Å². The molecule has 2 fully saturated rings. The predicted molar refractivity (Wildman–Crippen MR) is 56.9 cm³/mol. The standard InChI is InChI=1S/C12H23N/c1-12(2,3)13(11-8-9-11)10-6-4-5-7-10/h10-11H,4-9H2,1-3H3. The van der Waals surface area contributed by atoms with Crippen LogP contribution in [0.3, 0.4) is 0 Å². The first kappa shape index (κ1) is 9.51. The molecule has 2 rings (SSSR count). The number of rotatable bonds is 2. The zero-order valence-electron chi connectivity index (χ0n) is 9.34. The van der Waals surface area contributed by atoms with Crippen LogP contribution in [-0.2, 0) is 0 Å². The van der Waals surface area contributed by atoms with Crippen molar-refractivity contribution < 1.29 is 0 Å². The number of nitrogens with zero attached hydrogens (tertiary/aromatic N) is 1. The van der Waals surface area contributed by atoms with Crippen molar-refractivity contribution in [2.24, 2.45) is 0 Å². The summed E-state index contributed by atoms with van der Waals surface area (Å²) < 4.78 is 0. The van der Waals surface area contributed by atoms with Crippen molar-refractivity contribution in [3.8, 4) is 0 Å². The second kappa shape index (κ2) is 3.27. The van der Waals surface area contributed by atoms with Gasteiger partial charge in [-0.25, -0.2) is 0 Å². The maximum Gasteiger partial charge on any atom is 0.0130 e. The third kappa shape index (κ3) is 2.07. The van der Waals surface area contributed by atoms with E-state index in [9.17, 15) is 0 Å². The van der Waals surface area contributed by atoms with Crippen LogP contribution in [-0.4, -0.2) is 22.5 Å². The van der Waals surface area contributed by atoms with E-state index < -0.39 is 0 Å². The molecule has 2 aliphatic rings. The molecule has 1 heteroatoms. The summed E-state index contributed by atoms with van der Waals surface area (Å²) >= 11 is 0. The highest BCUT2D eigenvalue weighted by molar-refractivity contribution is 4.96. The van der Waals surface area contributed by atoms with Crippen LogP contribution in [0.1, 0.15) is 59.3 Å². The third-order valence-electron chi connectivity index (χ3n) is 3.43. The van der Waals surface area contributed by atoms with Crippen molar-refractivity contribution in [2.75, 3.05) is 0 Å². The molecule has 1 nitrogen and oxygen atoms in total. The summed E-state index contributed by atoms with van der Waals surface area (Å²) in [7, 11) is 0. The molecule has 0 aromatic heterocycles. The van der Waals surface area contributed by atoms with Gasteiger partial charge in [-0.2, -0.15) is 0 Å². The molecule has 2 aliphatic carbocycles. The molecule has 0 aliphatic heterocycles. The SMILES string of the molecule is CC(C)(C)N(C1CCCC1)C1CC1. The number of hydrogen-bond donors (Lipinski definition) is 0. The molecule has 0 aromatic carbocycles. The Labute approximate surface area is 82.5 Å². The van der Waals surface area contributed by atoms with Crippen molar-refractivity contribution in [2.45, 2.75) is 76.9 Å².